The van der Waals surface area contributed by atoms with Crippen LogP contribution in [-0.2, 0) is 9.84 Å². The first-order valence-corrected chi connectivity index (χ1v) is 7.82. The van der Waals surface area contributed by atoms with Crippen LogP contribution in [0, 0.1) is 0 Å². The molecule has 0 aliphatic heterocycles. The molecule has 1 rings (SSSR count). The minimum absolute atomic E-state index is 0.0306. The molecule has 1 atom stereocenters. The van der Waals surface area contributed by atoms with E-state index in [0.717, 1.165) is 10.0 Å². The average molecular weight is 307 g/mol. The second-order valence-electron chi connectivity index (χ2n) is 3.85. The Bertz CT molecular complexity index is 425. The zero-order chi connectivity index (χ0) is 12.2. The van der Waals surface area contributed by atoms with Gasteiger partial charge in [0.05, 0.1) is 5.75 Å². The largest absolute Gasteiger partial charge is 0.396 e. The molecule has 1 aromatic carbocycles. The first-order valence-electron chi connectivity index (χ1n) is 4.96. The second kappa shape index (κ2) is 5.80. The van der Waals surface area contributed by atoms with Crippen molar-refractivity contribution in [2.45, 2.75) is 12.3 Å². The average Bonchev–Trinajstić information content (AvgIpc) is 2.20. The van der Waals surface area contributed by atoms with E-state index < -0.39 is 9.84 Å². The predicted octanol–water partition coefficient (Wildman–Crippen LogP) is 1.96. The summed E-state index contributed by atoms with van der Waals surface area (Å²) in [6.45, 7) is -0.0306. The van der Waals surface area contributed by atoms with Gasteiger partial charge in [-0.25, -0.2) is 8.42 Å². The Morgan fingerprint density at radius 2 is 1.88 bits per heavy atom. The summed E-state index contributed by atoms with van der Waals surface area (Å²) in [6, 6.07) is 7.57. The molecule has 1 unspecified atom stereocenters. The highest BCUT2D eigenvalue weighted by atomic mass is 79.9. The summed E-state index contributed by atoms with van der Waals surface area (Å²) in [7, 11) is -2.97. The Balaban J connectivity index is 2.71. The molecule has 90 valence electrons. The Morgan fingerprint density at radius 1 is 1.31 bits per heavy atom. The van der Waals surface area contributed by atoms with E-state index >= 15 is 0 Å². The normalized spacial score (nSPS) is 13.7. The molecule has 5 heteroatoms. The summed E-state index contributed by atoms with van der Waals surface area (Å²) >= 11 is 3.33. The minimum atomic E-state index is -2.97. The molecule has 0 aliphatic rings. The Hall–Kier alpha value is -0.390. The van der Waals surface area contributed by atoms with E-state index in [9.17, 15) is 13.5 Å². The summed E-state index contributed by atoms with van der Waals surface area (Å²) in [5, 5.41) is 9.24. The third-order valence-electron chi connectivity index (χ3n) is 2.40. The van der Waals surface area contributed by atoms with Gasteiger partial charge in [-0.2, -0.15) is 0 Å². The molecule has 0 radical (unpaired) electrons. The van der Waals surface area contributed by atoms with Crippen molar-refractivity contribution in [2.75, 3.05) is 18.6 Å². The summed E-state index contributed by atoms with van der Waals surface area (Å²) in [4.78, 5) is 0. The molecule has 0 fully saturated rings. The Morgan fingerprint density at radius 3 is 2.31 bits per heavy atom. The molecule has 0 heterocycles. The highest BCUT2D eigenvalue weighted by Crippen LogP contribution is 2.21. The van der Waals surface area contributed by atoms with Gasteiger partial charge in [0.15, 0.2) is 0 Å². The topological polar surface area (TPSA) is 54.4 Å². The SMILES string of the molecule is CS(=O)(=O)CCC(CO)c1ccc(Br)cc1. The van der Waals surface area contributed by atoms with E-state index in [2.05, 4.69) is 15.9 Å². The molecule has 0 aromatic heterocycles. The fourth-order valence-electron chi connectivity index (χ4n) is 1.45. The molecule has 0 aliphatic carbocycles. The maximum absolute atomic E-state index is 11.0. The molecule has 0 amide bonds. The number of hydrogen-bond acceptors (Lipinski definition) is 3. The molecular weight excluding hydrogens is 292 g/mol. The number of rotatable bonds is 5. The van der Waals surface area contributed by atoms with Crippen LogP contribution in [0.1, 0.15) is 17.9 Å². The summed E-state index contributed by atoms with van der Waals surface area (Å²) in [6.07, 6.45) is 1.67. The predicted molar refractivity (Wildman–Crippen MR) is 68.3 cm³/mol. The van der Waals surface area contributed by atoms with Gasteiger partial charge in [0.1, 0.15) is 9.84 Å². The summed E-state index contributed by atoms with van der Waals surface area (Å²) in [5.74, 6) is -0.00305. The number of halogens is 1. The van der Waals surface area contributed by atoms with E-state index in [1.807, 2.05) is 24.3 Å². The first-order chi connectivity index (χ1) is 7.42. The molecular formula is C11H15BrO3S. The van der Waals surface area contributed by atoms with E-state index in [0.29, 0.717) is 6.42 Å². The van der Waals surface area contributed by atoms with Crippen LogP contribution in [-0.4, -0.2) is 32.1 Å². The lowest BCUT2D eigenvalue weighted by atomic mass is 9.98. The Labute approximate surface area is 105 Å². The van der Waals surface area contributed by atoms with E-state index in [4.69, 9.17) is 0 Å². The van der Waals surface area contributed by atoms with Crippen molar-refractivity contribution in [2.24, 2.45) is 0 Å². The van der Waals surface area contributed by atoms with Crippen LogP contribution in [0.3, 0.4) is 0 Å². The third kappa shape index (κ3) is 4.63. The molecule has 0 spiro atoms. The number of hydrogen-bond donors (Lipinski definition) is 1. The number of aliphatic hydroxyl groups is 1. The summed E-state index contributed by atoms with van der Waals surface area (Å²) < 4.78 is 23.1. The zero-order valence-corrected chi connectivity index (χ0v) is 11.5. The van der Waals surface area contributed by atoms with Crippen molar-refractivity contribution < 1.29 is 13.5 Å². The van der Waals surface area contributed by atoms with Crippen LogP contribution in [0.5, 0.6) is 0 Å². The highest BCUT2D eigenvalue weighted by Gasteiger charge is 2.13. The van der Waals surface area contributed by atoms with Crippen molar-refractivity contribution in [1.82, 2.24) is 0 Å². The molecule has 0 bridgehead atoms. The number of benzene rings is 1. The monoisotopic (exact) mass is 306 g/mol. The standard InChI is InChI=1S/C11H15BrO3S/c1-16(14,15)7-6-10(8-13)9-2-4-11(12)5-3-9/h2-5,10,13H,6-8H2,1H3. The van der Waals surface area contributed by atoms with Gasteiger partial charge in [-0.05, 0) is 24.1 Å². The van der Waals surface area contributed by atoms with Gasteiger partial charge in [-0.3, -0.25) is 0 Å². The summed E-state index contributed by atoms with van der Waals surface area (Å²) in [5.41, 5.74) is 0.967. The van der Waals surface area contributed by atoms with Crippen molar-refractivity contribution in [3.8, 4) is 0 Å². The van der Waals surface area contributed by atoms with Crippen LogP contribution in [0.2, 0.25) is 0 Å². The third-order valence-corrected chi connectivity index (χ3v) is 3.90. The van der Waals surface area contributed by atoms with Gasteiger partial charge in [0.25, 0.3) is 0 Å². The van der Waals surface area contributed by atoms with E-state index in [-0.39, 0.29) is 18.3 Å². The lowest BCUT2D eigenvalue weighted by Crippen LogP contribution is -2.11. The molecule has 1 N–H and O–H groups in total. The van der Waals surface area contributed by atoms with Gasteiger partial charge in [0, 0.05) is 23.3 Å². The van der Waals surface area contributed by atoms with Crippen molar-refractivity contribution in [3.05, 3.63) is 34.3 Å². The fourth-order valence-corrected chi connectivity index (χ4v) is 2.43. The zero-order valence-electron chi connectivity index (χ0n) is 9.06. The lowest BCUT2D eigenvalue weighted by Gasteiger charge is -2.13. The van der Waals surface area contributed by atoms with Crippen LogP contribution in [0.15, 0.2) is 28.7 Å². The second-order valence-corrected chi connectivity index (χ2v) is 7.03. The first kappa shape index (κ1) is 13.7. The van der Waals surface area contributed by atoms with Gasteiger partial charge in [-0.15, -0.1) is 0 Å². The number of sulfone groups is 1. The van der Waals surface area contributed by atoms with Gasteiger partial charge in [-0.1, -0.05) is 28.1 Å². The molecule has 0 saturated heterocycles. The maximum atomic E-state index is 11.0. The highest BCUT2D eigenvalue weighted by molar-refractivity contribution is 9.10. The molecule has 3 nitrogen and oxygen atoms in total. The van der Waals surface area contributed by atoms with Crippen LogP contribution >= 0.6 is 15.9 Å². The maximum Gasteiger partial charge on any atom is 0.147 e. The van der Waals surface area contributed by atoms with E-state index in [1.165, 1.54) is 6.26 Å². The Kier molecular flexibility index (Phi) is 4.95. The fraction of sp³-hybridized carbons (Fsp3) is 0.455. The van der Waals surface area contributed by atoms with Crippen LogP contribution in [0.25, 0.3) is 0 Å². The van der Waals surface area contributed by atoms with Crippen LogP contribution in [0.4, 0.5) is 0 Å². The smallest absolute Gasteiger partial charge is 0.147 e. The van der Waals surface area contributed by atoms with Crippen LogP contribution < -0.4 is 0 Å². The molecule has 1 aromatic rings. The van der Waals surface area contributed by atoms with Gasteiger partial charge >= 0.3 is 0 Å². The number of aliphatic hydroxyl groups excluding tert-OH is 1. The molecule has 0 saturated carbocycles. The quantitative estimate of drug-likeness (QED) is 0.905. The molecule has 16 heavy (non-hydrogen) atoms. The van der Waals surface area contributed by atoms with Crippen molar-refractivity contribution in [3.63, 3.8) is 0 Å². The van der Waals surface area contributed by atoms with Crippen molar-refractivity contribution >= 4 is 25.8 Å². The van der Waals surface area contributed by atoms with E-state index in [1.54, 1.807) is 0 Å². The lowest BCUT2D eigenvalue weighted by molar-refractivity contribution is 0.262. The van der Waals surface area contributed by atoms with Gasteiger partial charge < -0.3 is 5.11 Å². The van der Waals surface area contributed by atoms with Gasteiger partial charge in [0.2, 0.25) is 0 Å². The van der Waals surface area contributed by atoms with Crippen molar-refractivity contribution in [1.29, 1.82) is 0 Å². The minimum Gasteiger partial charge on any atom is -0.396 e.